The van der Waals surface area contributed by atoms with Gasteiger partial charge in [0.05, 0.1) is 33.4 Å². The molecule has 0 aliphatic carbocycles. The van der Waals surface area contributed by atoms with Crippen LogP contribution in [0.5, 0.6) is 0 Å². The molecule has 38 heavy (non-hydrogen) atoms. The number of ether oxygens (including phenoxy) is 1. The average molecular weight is 568 g/mol. The second kappa shape index (κ2) is 11.4. The number of hydrogen-bond donors (Lipinski definition) is 0. The summed E-state index contributed by atoms with van der Waals surface area (Å²) in [5.74, 6) is -0.232. The van der Waals surface area contributed by atoms with Crippen LogP contribution in [0.15, 0.2) is 82.6 Å². The molecule has 1 atom stereocenters. The van der Waals surface area contributed by atoms with E-state index in [0.29, 0.717) is 29.5 Å². The van der Waals surface area contributed by atoms with Gasteiger partial charge in [-0.05, 0) is 74.6 Å². The molecule has 0 saturated carbocycles. The summed E-state index contributed by atoms with van der Waals surface area (Å²) in [6.45, 7) is 3.17. The Kier molecular flexibility index (Phi) is 8.04. The molecule has 1 aliphatic heterocycles. The van der Waals surface area contributed by atoms with Crippen LogP contribution in [0, 0.1) is 0 Å². The number of fused-ring (bicyclic) bond motifs is 1. The van der Waals surface area contributed by atoms with E-state index in [4.69, 9.17) is 9.72 Å². The summed E-state index contributed by atoms with van der Waals surface area (Å²) >= 11 is 3.10. The molecule has 0 bridgehead atoms. The molecule has 0 N–H and O–H groups in total. The predicted molar refractivity (Wildman–Crippen MR) is 155 cm³/mol. The molecule has 0 radical (unpaired) electrons. The molecule has 1 aromatic heterocycles. The smallest absolute Gasteiger partial charge is 0.264 e. The largest absolute Gasteiger partial charge is 0.376 e. The quantitative estimate of drug-likeness (QED) is 0.229. The van der Waals surface area contributed by atoms with Gasteiger partial charge < -0.3 is 4.74 Å². The number of anilines is 2. The highest BCUT2D eigenvalue weighted by Gasteiger charge is 2.29. The van der Waals surface area contributed by atoms with Crippen LogP contribution in [-0.4, -0.2) is 51.4 Å². The summed E-state index contributed by atoms with van der Waals surface area (Å²) in [7, 11) is -3.79. The van der Waals surface area contributed by atoms with Gasteiger partial charge in [0.15, 0.2) is 5.13 Å². The number of aromatic nitrogens is 1. The van der Waals surface area contributed by atoms with Crippen molar-refractivity contribution in [3.8, 4) is 0 Å². The topological polar surface area (TPSA) is 79.8 Å². The van der Waals surface area contributed by atoms with Crippen LogP contribution in [0.1, 0.15) is 30.1 Å². The molecular formula is C28H29N3O4S3. The zero-order valence-electron chi connectivity index (χ0n) is 21.2. The van der Waals surface area contributed by atoms with Crippen LogP contribution in [0.2, 0.25) is 0 Å². The maximum absolute atomic E-state index is 13.8. The lowest BCUT2D eigenvalue weighted by Gasteiger charge is -2.24. The SMILES string of the molecule is CCN(c1ccccc1)S(=O)(=O)c1ccc(C(=O)N(CC2CCCO2)c2nc3c(SC)cccc3s2)cc1. The first-order valence-electron chi connectivity index (χ1n) is 12.5. The summed E-state index contributed by atoms with van der Waals surface area (Å²) in [6.07, 6.45) is 3.80. The molecule has 198 valence electrons. The lowest BCUT2D eigenvalue weighted by atomic mass is 10.2. The summed E-state index contributed by atoms with van der Waals surface area (Å²) in [5, 5.41) is 0.611. The minimum Gasteiger partial charge on any atom is -0.376 e. The fourth-order valence-electron chi connectivity index (χ4n) is 4.57. The molecule has 1 unspecified atom stereocenters. The molecule has 2 heterocycles. The first-order chi connectivity index (χ1) is 18.4. The minimum absolute atomic E-state index is 0.0605. The zero-order valence-corrected chi connectivity index (χ0v) is 23.7. The maximum atomic E-state index is 13.8. The van der Waals surface area contributed by atoms with E-state index in [1.165, 1.54) is 27.8 Å². The Labute approximate surface area is 231 Å². The van der Waals surface area contributed by atoms with Crippen LogP contribution in [0.25, 0.3) is 10.2 Å². The predicted octanol–water partition coefficient (Wildman–Crippen LogP) is 6.06. The first kappa shape index (κ1) is 26.7. The van der Waals surface area contributed by atoms with Crippen molar-refractivity contribution in [1.29, 1.82) is 0 Å². The number of thiazole rings is 1. The summed E-state index contributed by atoms with van der Waals surface area (Å²) in [4.78, 5) is 21.5. The third-order valence-electron chi connectivity index (χ3n) is 6.50. The third-order valence-corrected chi connectivity index (χ3v) is 10.2. The number of rotatable bonds is 9. The molecule has 3 aromatic carbocycles. The highest BCUT2D eigenvalue weighted by molar-refractivity contribution is 7.98. The highest BCUT2D eigenvalue weighted by atomic mass is 32.2. The van der Waals surface area contributed by atoms with Gasteiger partial charge in [0.1, 0.15) is 0 Å². The van der Waals surface area contributed by atoms with Gasteiger partial charge in [-0.2, -0.15) is 0 Å². The van der Waals surface area contributed by atoms with Crippen LogP contribution >= 0.6 is 23.1 Å². The van der Waals surface area contributed by atoms with Gasteiger partial charge in [0.2, 0.25) is 0 Å². The van der Waals surface area contributed by atoms with E-state index in [1.54, 1.807) is 47.9 Å². The molecule has 10 heteroatoms. The van der Waals surface area contributed by atoms with Gasteiger partial charge in [-0.15, -0.1) is 11.8 Å². The van der Waals surface area contributed by atoms with Crippen molar-refractivity contribution in [1.82, 2.24) is 4.98 Å². The highest BCUT2D eigenvalue weighted by Crippen LogP contribution is 2.35. The Bertz CT molecular complexity index is 1520. The van der Waals surface area contributed by atoms with E-state index in [1.807, 2.05) is 42.7 Å². The van der Waals surface area contributed by atoms with Gasteiger partial charge in [0, 0.05) is 23.6 Å². The molecule has 5 rings (SSSR count). The van der Waals surface area contributed by atoms with Gasteiger partial charge >= 0.3 is 0 Å². The number of amides is 1. The molecule has 1 saturated heterocycles. The number of carbonyl (C=O) groups is 1. The van der Waals surface area contributed by atoms with E-state index < -0.39 is 10.0 Å². The van der Waals surface area contributed by atoms with Crippen LogP contribution in [0.4, 0.5) is 10.8 Å². The number of para-hydroxylation sites is 2. The fraction of sp³-hybridized carbons (Fsp3) is 0.286. The molecular weight excluding hydrogens is 539 g/mol. The summed E-state index contributed by atoms with van der Waals surface area (Å²) < 4.78 is 35.0. The Balaban J connectivity index is 1.46. The molecule has 1 aliphatic rings. The molecule has 0 spiro atoms. The van der Waals surface area contributed by atoms with E-state index in [-0.39, 0.29) is 23.5 Å². The number of nitrogens with zero attached hydrogens (tertiary/aromatic N) is 3. The fourth-order valence-corrected chi connectivity index (χ4v) is 7.67. The summed E-state index contributed by atoms with van der Waals surface area (Å²) in [6, 6.07) is 21.2. The van der Waals surface area contributed by atoms with Crippen LogP contribution in [0.3, 0.4) is 0 Å². The summed E-state index contributed by atoms with van der Waals surface area (Å²) in [5.41, 5.74) is 1.87. The van der Waals surface area contributed by atoms with Crippen molar-refractivity contribution in [2.75, 3.05) is 35.2 Å². The first-order valence-corrected chi connectivity index (χ1v) is 16.0. The lowest BCUT2D eigenvalue weighted by Crippen LogP contribution is -2.37. The lowest BCUT2D eigenvalue weighted by molar-refractivity contribution is 0.0917. The van der Waals surface area contributed by atoms with Crippen molar-refractivity contribution in [3.05, 3.63) is 78.4 Å². The van der Waals surface area contributed by atoms with E-state index in [0.717, 1.165) is 28.0 Å². The number of carbonyl (C=O) groups excluding carboxylic acids is 1. The van der Waals surface area contributed by atoms with Crippen molar-refractivity contribution >= 4 is 60.1 Å². The Morgan fingerprint density at radius 2 is 1.84 bits per heavy atom. The van der Waals surface area contributed by atoms with Gasteiger partial charge in [-0.1, -0.05) is 35.6 Å². The molecule has 1 fully saturated rings. The minimum atomic E-state index is -3.79. The standard InChI is InChI=1S/C28H29N3O4S3/c1-3-31(21-9-5-4-6-10-21)38(33,34)23-16-14-20(15-17-23)27(32)30(19-22-11-8-18-35-22)28-29-26-24(36-2)12-7-13-25(26)37-28/h4-7,9-10,12-17,22H,3,8,11,18-19H2,1-2H3. The van der Waals surface area contributed by atoms with Gasteiger partial charge in [0.25, 0.3) is 15.9 Å². The van der Waals surface area contributed by atoms with Crippen molar-refractivity contribution in [2.45, 2.75) is 35.7 Å². The Morgan fingerprint density at radius 3 is 2.50 bits per heavy atom. The normalized spacial score (nSPS) is 15.6. The second-order valence-corrected chi connectivity index (χ2v) is 12.6. The monoisotopic (exact) mass is 567 g/mol. The van der Waals surface area contributed by atoms with Crippen LogP contribution in [-0.2, 0) is 14.8 Å². The number of sulfonamides is 1. The molecule has 1 amide bonds. The maximum Gasteiger partial charge on any atom is 0.264 e. The number of thioether (sulfide) groups is 1. The third kappa shape index (κ3) is 5.31. The molecule has 7 nitrogen and oxygen atoms in total. The van der Waals surface area contributed by atoms with E-state index >= 15 is 0 Å². The molecule has 4 aromatic rings. The van der Waals surface area contributed by atoms with Crippen molar-refractivity contribution < 1.29 is 17.9 Å². The van der Waals surface area contributed by atoms with Crippen LogP contribution < -0.4 is 9.21 Å². The number of benzene rings is 3. The van der Waals surface area contributed by atoms with Gasteiger partial charge in [-0.25, -0.2) is 13.4 Å². The van der Waals surface area contributed by atoms with E-state index in [9.17, 15) is 13.2 Å². The zero-order chi connectivity index (χ0) is 26.7. The Hall–Kier alpha value is -2.92. The second-order valence-electron chi connectivity index (χ2n) is 8.88. The van der Waals surface area contributed by atoms with Crippen molar-refractivity contribution in [3.63, 3.8) is 0 Å². The Morgan fingerprint density at radius 1 is 1.08 bits per heavy atom. The van der Waals surface area contributed by atoms with E-state index in [2.05, 4.69) is 0 Å². The van der Waals surface area contributed by atoms with Crippen molar-refractivity contribution in [2.24, 2.45) is 0 Å². The van der Waals surface area contributed by atoms with Gasteiger partial charge in [-0.3, -0.25) is 14.0 Å². The number of hydrogen-bond acceptors (Lipinski definition) is 7. The average Bonchev–Trinajstić information content (AvgIpc) is 3.62.